The predicted molar refractivity (Wildman–Crippen MR) is 94.3 cm³/mol. The molecule has 0 aliphatic carbocycles. The van der Waals surface area contributed by atoms with Gasteiger partial charge in [-0.05, 0) is 0 Å². The summed E-state index contributed by atoms with van der Waals surface area (Å²) in [5.41, 5.74) is 11.3. The smallest absolute Gasteiger partial charge is 0.0701 e. The average molecular weight is 348 g/mol. The SMILES string of the molecule is NCCN1CCOCCOCCN(CCN)CCOCCOCC1. The fourth-order valence-corrected chi connectivity index (χ4v) is 2.45. The van der Waals surface area contributed by atoms with E-state index in [1.54, 1.807) is 0 Å². The van der Waals surface area contributed by atoms with Gasteiger partial charge in [0.05, 0.1) is 52.9 Å². The van der Waals surface area contributed by atoms with Crippen molar-refractivity contribution in [2.45, 2.75) is 0 Å². The lowest BCUT2D eigenvalue weighted by molar-refractivity contribution is 0.00879. The summed E-state index contributed by atoms with van der Waals surface area (Å²) in [5.74, 6) is 0. The van der Waals surface area contributed by atoms with E-state index in [1.165, 1.54) is 0 Å². The maximum absolute atomic E-state index is 5.65. The van der Waals surface area contributed by atoms with Crippen LogP contribution < -0.4 is 11.5 Å². The van der Waals surface area contributed by atoms with Crippen molar-refractivity contribution >= 4 is 0 Å². The molecule has 0 atom stereocenters. The lowest BCUT2D eigenvalue weighted by atomic mass is 10.4. The number of ether oxygens (including phenoxy) is 4. The Labute approximate surface area is 146 Å². The van der Waals surface area contributed by atoms with Crippen LogP contribution in [0.3, 0.4) is 0 Å². The van der Waals surface area contributed by atoms with Crippen molar-refractivity contribution < 1.29 is 18.9 Å². The van der Waals surface area contributed by atoms with Crippen molar-refractivity contribution in [1.29, 1.82) is 0 Å². The quantitative estimate of drug-likeness (QED) is 0.640. The zero-order valence-electron chi connectivity index (χ0n) is 15.0. The molecule has 1 saturated heterocycles. The van der Waals surface area contributed by atoms with Gasteiger partial charge in [0.25, 0.3) is 0 Å². The first-order chi connectivity index (χ1) is 11.9. The molecule has 0 aromatic carbocycles. The third-order valence-electron chi connectivity index (χ3n) is 3.84. The molecule has 1 fully saturated rings. The zero-order chi connectivity index (χ0) is 17.3. The molecule has 1 heterocycles. The van der Waals surface area contributed by atoms with E-state index in [2.05, 4.69) is 9.80 Å². The van der Waals surface area contributed by atoms with Gasteiger partial charge in [-0.1, -0.05) is 0 Å². The molecule has 24 heavy (non-hydrogen) atoms. The normalized spacial score (nSPS) is 22.8. The molecule has 0 aromatic heterocycles. The lowest BCUT2D eigenvalue weighted by Gasteiger charge is -2.23. The van der Waals surface area contributed by atoms with Gasteiger partial charge in [-0.2, -0.15) is 0 Å². The van der Waals surface area contributed by atoms with Crippen LogP contribution in [0, 0.1) is 0 Å². The van der Waals surface area contributed by atoms with Gasteiger partial charge in [0, 0.05) is 52.4 Å². The number of rotatable bonds is 4. The Morgan fingerprint density at radius 3 is 1.04 bits per heavy atom. The molecule has 1 aliphatic rings. The molecule has 0 bridgehead atoms. The van der Waals surface area contributed by atoms with Crippen molar-refractivity contribution in [3.8, 4) is 0 Å². The Bertz CT molecular complexity index is 228. The highest BCUT2D eigenvalue weighted by Crippen LogP contribution is 1.93. The van der Waals surface area contributed by atoms with Crippen molar-refractivity contribution in [2.24, 2.45) is 11.5 Å². The van der Waals surface area contributed by atoms with Crippen molar-refractivity contribution in [1.82, 2.24) is 9.80 Å². The van der Waals surface area contributed by atoms with Crippen LogP contribution in [0.4, 0.5) is 0 Å². The molecular weight excluding hydrogens is 312 g/mol. The standard InChI is InChI=1S/C16H36N4O4/c17-1-3-19-5-9-21-13-15-23-11-7-20(4-2-18)8-12-24-16-14-22-10-6-19/h1-18H2. The van der Waals surface area contributed by atoms with E-state index in [0.29, 0.717) is 65.9 Å². The van der Waals surface area contributed by atoms with Gasteiger partial charge in [-0.25, -0.2) is 0 Å². The van der Waals surface area contributed by atoms with E-state index in [1.807, 2.05) is 0 Å². The second-order valence-electron chi connectivity index (χ2n) is 5.71. The molecule has 1 rings (SSSR count). The highest BCUT2D eigenvalue weighted by atomic mass is 16.5. The Balaban J connectivity index is 2.29. The molecule has 8 nitrogen and oxygen atoms in total. The largest absolute Gasteiger partial charge is 0.378 e. The van der Waals surface area contributed by atoms with Crippen LogP contribution in [-0.4, -0.2) is 115 Å². The third kappa shape index (κ3) is 12.1. The van der Waals surface area contributed by atoms with Crippen molar-refractivity contribution in [3.05, 3.63) is 0 Å². The van der Waals surface area contributed by atoms with Gasteiger partial charge in [-0.3, -0.25) is 9.80 Å². The summed E-state index contributed by atoms with van der Waals surface area (Å²) >= 11 is 0. The van der Waals surface area contributed by atoms with Crippen LogP contribution in [-0.2, 0) is 18.9 Å². The van der Waals surface area contributed by atoms with E-state index < -0.39 is 0 Å². The fraction of sp³-hybridized carbons (Fsp3) is 1.00. The van der Waals surface area contributed by atoms with E-state index in [0.717, 1.165) is 39.3 Å². The Morgan fingerprint density at radius 1 is 0.500 bits per heavy atom. The third-order valence-corrected chi connectivity index (χ3v) is 3.84. The molecular formula is C16H36N4O4. The van der Waals surface area contributed by atoms with Crippen molar-refractivity contribution in [2.75, 3.05) is 105 Å². The minimum absolute atomic E-state index is 0.618. The molecule has 1 aliphatic heterocycles. The van der Waals surface area contributed by atoms with E-state index >= 15 is 0 Å². The van der Waals surface area contributed by atoms with Crippen LogP contribution in [0.2, 0.25) is 0 Å². The summed E-state index contributed by atoms with van der Waals surface area (Å²) in [4.78, 5) is 4.52. The summed E-state index contributed by atoms with van der Waals surface area (Å²) in [6.07, 6.45) is 0. The van der Waals surface area contributed by atoms with Crippen LogP contribution >= 0.6 is 0 Å². The van der Waals surface area contributed by atoms with E-state index in [4.69, 9.17) is 30.4 Å². The Hall–Kier alpha value is -0.320. The second kappa shape index (κ2) is 16.2. The topological polar surface area (TPSA) is 95.4 Å². The molecule has 144 valence electrons. The summed E-state index contributed by atoms with van der Waals surface area (Å²) < 4.78 is 22.5. The first-order valence-corrected chi connectivity index (χ1v) is 9.02. The summed E-state index contributed by atoms with van der Waals surface area (Å²) in [6.45, 7) is 11.7. The molecule has 0 aromatic rings. The van der Waals surface area contributed by atoms with Gasteiger partial charge in [0.2, 0.25) is 0 Å². The zero-order valence-corrected chi connectivity index (χ0v) is 15.0. The minimum Gasteiger partial charge on any atom is -0.378 e. The van der Waals surface area contributed by atoms with Gasteiger partial charge in [0.15, 0.2) is 0 Å². The lowest BCUT2D eigenvalue weighted by Crippen LogP contribution is -2.36. The second-order valence-corrected chi connectivity index (χ2v) is 5.71. The number of hydrogen-bond acceptors (Lipinski definition) is 8. The van der Waals surface area contributed by atoms with Gasteiger partial charge >= 0.3 is 0 Å². The fourth-order valence-electron chi connectivity index (χ4n) is 2.45. The summed E-state index contributed by atoms with van der Waals surface area (Å²) in [6, 6.07) is 0. The van der Waals surface area contributed by atoms with Gasteiger partial charge < -0.3 is 30.4 Å². The van der Waals surface area contributed by atoms with Crippen LogP contribution in [0.15, 0.2) is 0 Å². The van der Waals surface area contributed by atoms with Crippen LogP contribution in [0.25, 0.3) is 0 Å². The number of nitrogens with two attached hydrogens (primary N) is 2. The molecule has 0 amide bonds. The molecule has 0 unspecified atom stereocenters. The van der Waals surface area contributed by atoms with E-state index in [9.17, 15) is 0 Å². The van der Waals surface area contributed by atoms with Crippen molar-refractivity contribution in [3.63, 3.8) is 0 Å². The van der Waals surface area contributed by atoms with E-state index in [-0.39, 0.29) is 0 Å². The summed E-state index contributed by atoms with van der Waals surface area (Å²) in [5, 5.41) is 0. The van der Waals surface area contributed by atoms with Gasteiger partial charge in [-0.15, -0.1) is 0 Å². The van der Waals surface area contributed by atoms with Crippen LogP contribution in [0.5, 0.6) is 0 Å². The number of hydrogen-bond donors (Lipinski definition) is 2. The summed E-state index contributed by atoms with van der Waals surface area (Å²) in [7, 11) is 0. The number of nitrogens with zero attached hydrogens (tertiary/aromatic N) is 2. The highest BCUT2D eigenvalue weighted by molar-refractivity contribution is 4.59. The maximum Gasteiger partial charge on any atom is 0.0701 e. The molecule has 0 radical (unpaired) electrons. The molecule has 8 heteroatoms. The Kier molecular flexibility index (Phi) is 14.6. The molecule has 4 N–H and O–H groups in total. The van der Waals surface area contributed by atoms with Crippen LogP contribution in [0.1, 0.15) is 0 Å². The van der Waals surface area contributed by atoms with Gasteiger partial charge in [0.1, 0.15) is 0 Å². The molecule has 0 saturated carbocycles. The highest BCUT2D eigenvalue weighted by Gasteiger charge is 2.06. The molecule has 0 spiro atoms. The Morgan fingerprint density at radius 2 is 0.792 bits per heavy atom. The minimum atomic E-state index is 0.618. The predicted octanol–water partition coefficient (Wildman–Crippen LogP) is -1.41. The monoisotopic (exact) mass is 348 g/mol. The first-order valence-electron chi connectivity index (χ1n) is 9.02. The maximum atomic E-state index is 5.65. The first kappa shape index (κ1) is 21.7. The average Bonchev–Trinajstić information content (AvgIpc) is 2.58.